The van der Waals surface area contributed by atoms with E-state index in [1.807, 2.05) is 0 Å². The molecule has 1 heterocycles. The van der Waals surface area contributed by atoms with Crippen molar-refractivity contribution in [3.05, 3.63) is 12.3 Å². The summed E-state index contributed by atoms with van der Waals surface area (Å²) in [6, 6.07) is 1.61. The summed E-state index contributed by atoms with van der Waals surface area (Å²) in [4.78, 5) is 0. The van der Waals surface area contributed by atoms with Crippen LogP contribution in [0.25, 0.3) is 0 Å². The van der Waals surface area contributed by atoms with E-state index >= 15 is 0 Å². The van der Waals surface area contributed by atoms with E-state index in [-0.39, 0.29) is 0 Å². The average Bonchev–Trinajstić information content (AvgIpc) is 2.13. The van der Waals surface area contributed by atoms with Gasteiger partial charge < -0.3 is 0 Å². The maximum absolute atomic E-state index is 10.1. The molecule has 5 nitrogen and oxygen atoms in total. The predicted molar refractivity (Wildman–Crippen MR) is 37.6 cm³/mol. The second kappa shape index (κ2) is 2.80. The molecule has 1 rings (SSSR count). The van der Waals surface area contributed by atoms with E-state index in [1.165, 1.54) is 4.68 Å². The highest BCUT2D eigenvalue weighted by molar-refractivity contribution is 7.80. The standard InChI is InChI=1S/C4H7N3O2S/c1-7-3-2-4(5-7)6-10(8)9/h2-3H,1H3,(H,5,6)(H,8,9). The summed E-state index contributed by atoms with van der Waals surface area (Å²) in [6.45, 7) is 0. The van der Waals surface area contributed by atoms with Crippen LogP contribution in [-0.4, -0.2) is 18.5 Å². The highest BCUT2D eigenvalue weighted by Crippen LogP contribution is 1.99. The fourth-order valence-electron chi connectivity index (χ4n) is 0.559. The van der Waals surface area contributed by atoms with Gasteiger partial charge in [-0.05, 0) is 0 Å². The lowest BCUT2D eigenvalue weighted by molar-refractivity contribution is 0.570. The lowest BCUT2D eigenvalue weighted by Crippen LogP contribution is -2.02. The number of hydrogen-bond acceptors (Lipinski definition) is 2. The lowest BCUT2D eigenvalue weighted by atomic mass is 10.7. The molecule has 1 atom stereocenters. The lowest BCUT2D eigenvalue weighted by Gasteiger charge is -1.92. The second-order valence-electron chi connectivity index (χ2n) is 1.73. The summed E-state index contributed by atoms with van der Waals surface area (Å²) < 4.78 is 22.2. The third-order valence-electron chi connectivity index (χ3n) is 0.905. The molecule has 0 aliphatic carbocycles. The average molecular weight is 161 g/mol. The van der Waals surface area contributed by atoms with E-state index in [2.05, 4.69) is 9.82 Å². The van der Waals surface area contributed by atoms with Gasteiger partial charge >= 0.3 is 0 Å². The Morgan fingerprint density at radius 2 is 2.60 bits per heavy atom. The van der Waals surface area contributed by atoms with Gasteiger partial charge in [-0.1, -0.05) is 0 Å². The first kappa shape index (κ1) is 7.23. The molecule has 2 N–H and O–H groups in total. The van der Waals surface area contributed by atoms with Gasteiger partial charge in [-0.25, -0.2) is 4.21 Å². The van der Waals surface area contributed by atoms with Crippen molar-refractivity contribution in [2.24, 2.45) is 7.05 Å². The van der Waals surface area contributed by atoms with Gasteiger partial charge in [0, 0.05) is 19.3 Å². The van der Waals surface area contributed by atoms with Gasteiger partial charge in [-0.3, -0.25) is 14.0 Å². The van der Waals surface area contributed by atoms with Crippen LogP contribution in [0.5, 0.6) is 0 Å². The number of rotatable bonds is 2. The quantitative estimate of drug-likeness (QED) is 0.598. The number of aromatic nitrogens is 2. The minimum Gasteiger partial charge on any atom is -0.289 e. The molecular formula is C4H7N3O2S. The Labute approximate surface area is 60.5 Å². The second-order valence-corrected chi connectivity index (χ2v) is 2.43. The van der Waals surface area contributed by atoms with Crippen LogP contribution in [0.4, 0.5) is 5.82 Å². The fourth-order valence-corrected chi connectivity index (χ4v) is 0.847. The highest BCUT2D eigenvalue weighted by Gasteiger charge is 1.96. The zero-order chi connectivity index (χ0) is 7.56. The Bertz CT molecular complexity index is 246. The molecule has 0 saturated heterocycles. The first-order valence-electron chi connectivity index (χ1n) is 2.55. The van der Waals surface area contributed by atoms with Crippen LogP contribution in [0, 0.1) is 0 Å². The SMILES string of the molecule is Cn1ccc(NS(=O)O)n1. The Hall–Kier alpha value is -0.880. The maximum atomic E-state index is 10.1. The van der Waals surface area contributed by atoms with E-state index in [9.17, 15) is 4.21 Å². The molecule has 1 aromatic rings. The van der Waals surface area contributed by atoms with Gasteiger partial charge in [-0.2, -0.15) is 5.10 Å². The van der Waals surface area contributed by atoms with Gasteiger partial charge in [0.25, 0.3) is 11.3 Å². The number of nitrogens with zero attached hydrogens (tertiary/aromatic N) is 2. The van der Waals surface area contributed by atoms with Crippen molar-refractivity contribution < 1.29 is 8.76 Å². The summed E-state index contributed by atoms with van der Waals surface area (Å²) in [7, 11) is 1.73. The third kappa shape index (κ3) is 1.82. The fraction of sp³-hybridized carbons (Fsp3) is 0.250. The van der Waals surface area contributed by atoms with E-state index < -0.39 is 11.3 Å². The molecule has 1 aromatic heterocycles. The van der Waals surface area contributed by atoms with Gasteiger partial charge in [0.2, 0.25) is 0 Å². The Morgan fingerprint density at radius 3 is 3.00 bits per heavy atom. The van der Waals surface area contributed by atoms with Gasteiger partial charge in [-0.15, -0.1) is 0 Å². The van der Waals surface area contributed by atoms with Crippen LogP contribution < -0.4 is 4.72 Å². The Morgan fingerprint density at radius 1 is 1.90 bits per heavy atom. The van der Waals surface area contributed by atoms with Crippen molar-refractivity contribution in [1.29, 1.82) is 0 Å². The largest absolute Gasteiger partial charge is 0.289 e. The molecule has 0 bridgehead atoms. The van der Waals surface area contributed by atoms with Crippen molar-refractivity contribution >= 4 is 17.1 Å². The summed E-state index contributed by atoms with van der Waals surface area (Å²) >= 11 is -2.03. The van der Waals surface area contributed by atoms with E-state index in [0.717, 1.165) is 0 Å². The van der Waals surface area contributed by atoms with Crippen LogP contribution in [-0.2, 0) is 18.3 Å². The number of anilines is 1. The van der Waals surface area contributed by atoms with Crippen molar-refractivity contribution in [1.82, 2.24) is 9.78 Å². The third-order valence-corrected chi connectivity index (χ3v) is 1.29. The molecule has 0 spiro atoms. The molecular weight excluding hydrogens is 154 g/mol. The summed E-state index contributed by atoms with van der Waals surface area (Å²) in [5, 5.41) is 3.80. The van der Waals surface area contributed by atoms with Gasteiger partial charge in [0.15, 0.2) is 5.82 Å². The number of nitrogens with one attached hydrogen (secondary N) is 1. The molecule has 56 valence electrons. The molecule has 0 amide bonds. The minimum absolute atomic E-state index is 0.392. The van der Waals surface area contributed by atoms with Crippen LogP contribution >= 0.6 is 0 Å². The van der Waals surface area contributed by atoms with Crippen molar-refractivity contribution in [2.45, 2.75) is 0 Å². The molecule has 0 aliphatic rings. The normalized spacial score (nSPS) is 13.0. The molecule has 6 heteroatoms. The van der Waals surface area contributed by atoms with E-state index in [1.54, 1.807) is 19.3 Å². The highest BCUT2D eigenvalue weighted by atomic mass is 32.2. The topological polar surface area (TPSA) is 67.2 Å². The molecule has 10 heavy (non-hydrogen) atoms. The predicted octanol–water partition coefficient (Wildman–Crippen LogP) is -0.0313. The van der Waals surface area contributed by atoms with Crippen LogP contribution in [0.15, 0.2) is 12.3 Å². The Kier molecular flexibility index (Phi) is 2.03. The zero-order valence-electron chi connectivity index (χ0n) is 5.31. The number of aryl methyl sites for hydroxylation is 1. The van der Waals surface area contributed by atoms with Crippen LogP contribution in [0.2, 0.25) is 0 Å². The van der Waals surface area contributed by atoms with Crippen LogP contribution in [0.3, 0.4) is 0 Å². The smallest absolute Gasteiger partial charge is 0.260 e. The van der Waals surface area contributed by atoms with Crippen LogP contribution in [0.1, 0.15) is 0 Å². The molecule has 0 aromatic carbocycles. The molecule has 0 fully saturated rings. The molecule has 0 aliphatic heterocycles. The summed E-state index contributed by atoms with van der Waals surface area (Å²) in [5.74, 6) is 0.392. The molecule has 0 radical (unpaired) electrons. The Balaban J connectivity index is 2.67. The summed E-state index contributed by atoms with van der Waals surface area (Å²) in [5.41, 5.74) is 0. The van der Waals surface area contributed by atoms with Crippen molar-refractivity contribution in [3.8, 4) is 0 Å². The van der Waals surface area contributed by atoms with Crippen molar-refractivity contribution in [3.63, 3.8) is 0 Å². The van der Waals surface area contributed by atoms with E-state index in [4.69, 9.17) is 4.55 Å². The molecule has 1 unspecified atom stereocenters. The van der Waals surface area contributed by atoms with Gasteiger partial charge in [0.1, 0.15) is 0 Å². The molecule has 0 saturated carbocycles. The zero-order valence-corrected chi connectivity index (χ0v) is 6.13. The number of hydrogen-bond donors (Lipinski definition) is 2. The van der Waals surface area contributed by atoms with Crippen molar-refractivity contribution in [2.75, 3.05) is 4.72 Å². The minimum atomic E-state index is -2.03. The summed E-state index contributed by atoms with van der Waals surface area (Å²) in [6.07, 6.45) is 1.68. The first-order valence-corrected chi connectivity index (χ1v) is 3.66. The van der Waals surface area contributed by atoms with E-state index in [0.29, 0.717) is 5.82 Å². The monoisotopic (exact) mass is 161 g/mol. The first-order chi connectivity index (χ1) is 4.68. The maximum Gasteiger partial charge on any atom is 0.260 e. The van der Waals surface area contributed by atoms with Gasteiger partial charge in [0.05, 0.1) is 0 Å².